The highest BCUT2D eigenvalue weighted by Crippen LogP contribution is 2.36. The van der Waals surface area contributed by atoms with Crippen molar-refractivity contribution in [3.8, 4) is 0 Å². The molecule has 0 radical (unpaired) electrons. The monoisotopic (exact) mass is 243 g/mol. The van der Waals surface area contributed by atoms with Gasteiger partial charge >= 0.3 is 6.18 Å². The Morgan fingerprint density at radius 1 is 1.24 bits per heavy atom. The van der Waals surface area contributed by atoms with E-state index in [1.807, 2.05) is 0 Å². The summed E-state index contributed by atoms with van der Waals surface area (Å²) in [5, 5.41) is 3.18. The second kappa shape index (κ2) is 4.59. The topological polar surface area (TPSA) is 12.0 Å². The quantitative estimate of drug-likeness (QED) is 0.837. The predicted octanol–water partition coefficient (Wildman–Crippen LogP) is 4.16. The number of rotatable bonds is 4. The molecule has 1 saturated carbocycles. The number of hydrogen-bond donors (Lipinski definition) is 1. The third kappa shape index (κ3) is 3.38. The second-order valence-corrected chi connectivity index (χ2v) is 4.77. The normalized spacial score (nSPS) is 17.9. The van der Waals surface area contributed by atoms with Crippen molar-refractivity contribution in [2.75, 3.05) is 11.9 Å². The van der Waals surface area contributed by atoms with Crippen molar-refractivity contribution in [2.45, 2.75) is 25.9 Å². The first-order valence-electron chi connectivity index (χ1n) is 5.88. The van der Waals surface area contributed by atoms with Crippen molar-refractivity contribution in [3.63, 3.8) is 0 Å². The molecule has 1 fully saturated rings. The third-order valence-corrected chi connectivity index (χ3v) is 3.27. The fourth-order valence-corrected chi connectivity index (χ4v) is 1.89. The first kappa shape index (κ1) is 12.3. The highest BCUT2D eigenvalue weighted by molar-refractivity contribution is 5.45. The molecule has 1 aromatic carbocycles. The van der Waals surface area contributed by atoms with Crippen LogP contribution in [0.15, 0.2) is 24.3 Å². The number of benzene rings is 1. The van der Waals surface area contributed by atoms with Gasteiger partial charge in [0.1, 0.15) is 0 Å². The molecule has 4 heteroatoms. The van der Waals surface area contributed by atoms with E-state index in [-0.39, 0.29) is 0 Å². The highest BCUT2D eigenvalue weighted by Gasteiger charge is 2.30. The molecule has 2 rings (SSSR count). The molecule has 1 nitrogen and oxygen atoms in total. The van der Waals surface area contributed by atoms with Crippen LogP contribution in [-0.2, 0) is 6.18 Å². The van der Waals surface area contributed by atoms with Crippen molar-refractivity contribution in [1.29, 1.82) is 0 Å². The number of alkyl halides is 3. The smallest absolute Gasteiger partial charge is 0.385 e. The van der Waals surface area contributed by atoms with E-state index >= 15 is 0 Å². The molecule has 0 spiro atoms. The van der Waals surface area contributed by atoms with Gasteiger partial charge in [-0.05, 0) is 48.9 Å². The van der Waals surface area contributed by atoms with E-state index in [2.05, 4.69) is 12.2 Å². The number of nitrogens with one attached hydrogen (secondary N) is 1. The summed E-state index contributed by atoms with van der Waals surface area (Å²) in [4.78, 5) is 0. The molecule has 0 amide bonds. The molecule has 94 valence electrons. The Hall–Kier alpha value is -1.19. The Labute approximate surface area is 99.0 Å². The number of anilines is 1. The van der Waals surface area contributed by atoms with E-state index in [9.17, 15) is 13.2 Å². The molecule has 0 bridgehead atoms. The zero-order chi connectivity index (χ0) is 12.5. The van der Waals surface area contributed by atoms with Crippen molar-refractivity contribution in [3.05, 3.63) is 29.8 Å². The summed E-state index contributed by atoms with van der Waals surface area (Å²) in [6.45, 7) is 3.00. The van der Waals surface area contributed by atoms with Crippen LogP contribution < -0.4 is 5.32 Å². The first-order chi connectivity index (χ1) is 7.97. The average Bonchev–Trinajstić information content (AvgIpc) is 3.09. The summed E-state index contributed by atoms with van der Waals surface area (Å²) in [6, 6.07) is 5.21. The molecule has 1 aliphatic rings. The molecule has 1 aromatic rings. The van der Waals surface area contributed by atoms with Crippen LogP contribution in [0, 0.1) is 11.8 Å². The Kier molecular flexibility index (Phi) is 3.31. The summed E-state index contributed by atoms with van der Waals surface area (Å²) >= 11 is 0. The summed E-state index contributed by atoms with van der Waals surface area (Å²) in [5.74, 6) is 1.40. The Bertz CT molecular complexity index is 365. The van der Waals surface area contributed by atoms with Crippen LogP contribution in [0.3, 0.4) is 0 Å². The Morgan fingerprint density at radius 3 is 2.29 bits per heavy atom. The van der Waals surface area contributed by atoms with E-state index in [1.54, 1.807) is 0 Å². The third-order valence-electron chi connectivity index (χ3n) is 3.27. The lowest BCUT2D eigenvalue weighted by atomic mass is 10.1. The van der Waals surface area contributed by atoms with Gasteiger partial charge in [-0.25, -0.2) is 0 Å². The SMILES string of the molecule is CC(CNc1ccc(C(F)(F)F)cc1)C1CC1. The molecule has 0 aliphatic heterocycles. The van der Waals surface area contributed by atoms with Gasteiger partial charge in [-0.3, -0.25) is 0 Å². The van der Waals surface area contributed by atoms with E-state index < -0.39 is 11.7 Å². The molecular weight excluding hydrogens is 227 g/mol. The van der Waals surface area contributed by atoms with Crippen LogP contribution in [0.5, 0.6) is 0 Å². The largest absolute Gasteiger partial charge is 0.416 e. The van der Waals surface area contributed by atoms with Crippen LogP contribution in [0.4, 0.5) is 18.9 Å². The lowest BCUT2D eigenvalue weighted by Gasteiger charge is -2.13. The van der Waals surface area contributed by atoms with Crippen molar-refractivity contribution in [2.24, 2.45) is 11.8 Å². The summed E-state index contributed by atoms with van der Waals surface area (Å²) in [7, 11) is 0. The van der Waals surface area contributed by atoms with Gasteiger partial charge in [0, 0.05) is 12.2 Å². The van der Waals surface area contributed by atoms with Gasteiger partial charge in [0.15, 0.2) is 0 Å². The minimum atomic E-state index is -4.25. The predicted molar refractivity (Wildman–Crippen MR) is 61.8 cm³/mol. The lowest BCUT2D eigenvalue weighted by Crippen LogP contribution is -2.13. The molecule has 1 unspecified atom stereocenters. The maximum atomic E-state index is 12.3. The van der Waals surface area contributed by atoms with Crippen LogP contribution in [0.25, 0.3) is 0 Å². The minimum absolute atomic E-state index is 0.595. The molecule has 1 aliphatic carbocycles. The average molecular weight is 243 g/mol. The lowest BCUT2D eigenvalue weighted by molar-refractivity contribution is -0.137. The molecule has 1 atom stereocenters. The van der Waals surface area contributed by atoms with Crippen LogP contribution in [0.1, 0.15) is 25.3 Å². The molecule has 1 N–H and O–H groups in total. The van der Waals surface area contributed by atoms with Gasteiger partial charge in [0.25, 0.3) is 0 Å². The van der Waals surface area contributed by atoms with E-state index in [0.717, 1.165) is 30.3 Å². The maximum absolute atomic E-state index is 12.3. The van der Waals surface area contributed by atoms with E-state index in [1.165, 1.54) is 25.0 Å². The van der Waals surface area contributed by atoms with Crippen molar-refractivity contribution >= 4 is 5.69 Å². The Balaban J connectivity index is 1.89. The minimum Gasteiger partial charge on any atom is -0.385 e. The van der Waals surface area contributed by atoms with Crippen LogP contribution in [-0.4, -0.2) is 6.54 Å². The molecule has 0 saturated heterocycles. The molecule has 0 heterocycles. The van der Waals surface area contributed by atoms with Gasteiger partial charge < -0.3 is 5.32 Å². The molecule has 0 aromatic heterocycles. The fourth-order valence-electron chi connectivity index (χ4n) is 1.89. The van der Waals surface area contributed by atoms with E-state index in [0.29, 0.717) is 5.92 Å². The van der Waals surface area contributed by atoms with E-state index in [4.69, 9.17) is 0 Å². The van der Waals surface area contributed by atoms with Gasteiger partial charge in [0.2, 0.25) is 0 Å². The van der Waals surface area contributed by atoms with Gasteiger partial charge in [-0.2, -0.15) is 13.2 Å². The zero-order valence-electron chi connectivity index (χ0n) is 9.72. The van der Waals surface area contributed by atoms with Gasteiger partial charge in [0.05, 0.1) is 5.56 Å². The Morgan fingerprint density at radius 2 is 1.82 bits per heavy atom. The van der Waals surface area contributed by atoms with Crippen molar-refractivity contribution < 1.29 is 13.2 Å². The highest BCUT2D eigenvalue weighted by atomic mass is 19.4. The summed E-state index contributed by atoms with van der Waals surface area (Å²) < 4.78 is 37.0. The second-order valence-electron chi connectivity index (χ2n) is 4.77. The summed E-state index contributed by atoms with van der Waals surface area (Å²) in [5.41, 5.74) is 0.156. The van der Waals surface area contributed by atoms with Crippen LogP contribution >= 0.6 is 0 Å². The zero-order valence-corrected chi connectivity index (χ0v) is 9.72. The number of halogens is 3. The summed E-state index contributed by atoms with van der Waals surface area (Å²) in [6.07, 6.45) is -1.68. The maximum Gasteiger partial charge on any atom is 0.416 e. The standard InChI is InChI=1S/C13H16F3N/c1-9(10-2-3-10)8-17-12-6-4-11(5-7-12)13(14,15)16/h4-7,9-10,17H,2-3,8H2,1H3. The number of hydrogen-bond acceptors (Lipinski definition) is 1. The molecular formula is C13H16F3N. The van der Waals surface area contributed by atoms with Crippen molar-refractivity contribution in [1.82, 2.24) is 0 Å². The van der Waals surface area contributed by atoms with Crippen LogP contribution in [0.2, 0.25) is 0 Å². The van der Waals surface area contributed by atoms with Gasteiger partial charge in [-0.15, -0.1) is 0 Å². The first-order valence-corrected chi connectivity index (χ1v) is 5.88. The molecule has 17 heavy (non-hydrogen) atoms. The van der Waals surface area contributed by atoms with Gasteiger partial charge in [-0.1, -0.05) is 6.92 Å². The fraction of sp³-hybridized carbons (Fsp3) is 0.538.